The van der Waals surface area contributed by atoms with Crippen molar-refractivity contribution in [3.8, 4) is 6.07 Å². The number of hydrogen-bond acceptors (Lipinski definition) is 4. The topological polar surface area (TPSA) is 79.7 Å². The summed E-state index contributed by atoms with van der Waals surface area (Å²) in [6.45, 7) is 1.45. The molecule has 182 valence electrons. The summed E-state index contributed by atoms with van der Waals surface area (Å²) in [6.07, 6.45) is 8.86. The molecule has 34 heavy (non-hydrogen) atoms. The second-order valence-electron chi connectivity index (χ2n) is 11.3. The lowest BCUT2D eigenvalue weighted by Gasteiger charge is -2.51. The molecular formula is C27H37N5O2. The van der Waals surface area contributed by atoms with Crippen LogP contribution in [0.25, 0.3) is 0 Å². The van der Waals surface area contributed by atoms with Gasteiger partial charge in [-0.3, -0.25) is 9.69 Å². The number of benzene rings is 1. The van der Waals surface area contributed by atoms with Crippen molar-refractivity contribution in [2.24, 2.45) is 5.92 Å². The molecule has 1 aliphatic heterocycles. The van der Waals surface area contributed by atoms with Crippen LogP contribution >= 0.6 is 0 Å². The zero-order valence-electron chi connectivity index (χ0n) is 20.6. The number of carbonyl (C=O) groups is 2. The van der Waals surface area contributed by atoms with Gasteiger partial charge < -0.3 is 15.1 Å². The Labute approximate surface area is 203 Å². The second-order valence-corrected chi connectivity index (χ2v) is 11.3. The van der Waals surface area contributed by atoms with Crippen molar-refractivity contribution in [2.45, 2.75) is 74.4 Å². The lowest BCUT2D eigenvalue weighted by Crippen LogP contribution is -2.56. The first-order chi connectivity index (χ1) is 16.3. The molecule has 1 aromatic rings. The summed E-state index contributed by atoms with van der Waals surface area (Å²) in [6, 6.07) is 13.0. The summed E-state index contributed by atoms with van der Waals surface area (Å²) in [5, 5.41) is 12.2. The minimum Gasteiger partial charge on any atom is -0.336 e. The van der Waals surface area contributed by atoms with E-state index in [1.807, 2.05) is 0 Å². The highest BCUT2D eigenvalue weighted by atomic mass is 16.2. The van der Waals surface area contributed by atoms with Gasteiger partial charge in [-0.1, -0.05) is 36.8 Å². The highest BCUT2D eigenvalue weighted by Crippen LogP contribution is 2.49. The van der Waals surface area contributed by atoms with E-state index < -0.39 is 5.54 Å². The zero-order chi connectivity index (χ0) is 24.0. The molecule has 4 aliphatic rings. The van der Waals surface area contributed by atoms with Crippen molar-refractivity contribution in [3.63, 3.8) is 0 Å². The van der Waals surface area contributed by atoms with Crippen LogP contribution in [0.5, 0.6) is 0 Å². The van der Waals surface area contributed by atoms with Crippen molar-refractivity contribution in [1.82, 2.24) is 20.0 Å². The maximum absolute atomic E-state index is 13.6. The molecule has 3 aliphatic carbocycles. The van der Waals surface area contributed by atoms with Crippen LogP contribution < -0.4 is 5.32 Å². The molecule has 0 atom stereocenters. The maximum atomic E-state index is 13.6. The number of nitrogens with one attached hydrogen (secondary N) is 1. The molecule has 3 saturated carbocycles. The number of carbonyl (C=O) groups excluding carboxylic acids is 2. The van der Waals surface area contributed by atoms with Crippen molar-refractivity contribution in [3.05, 3.63) is 35.9 Å². The molecule has 0 bridgehead atoms. The Balaban J connectivity index is 1.35. The first kappa shape index (κ1) is 23.2. The van der Waals surface area contributed by atoms with Crippen LogP contribution in [0.2, 0.25) is 0 Å². The summed E-state index contributed by atoms with van der Waals surface area (Å²) in [5.41, 5.74) is 0.392. The molecule has 7 nitrogen and oxygen atoms in total. The van der Waals surface area contributed by atoms with Crippen molar-refractivity contribution in [1.29, 1.82) is 5.26 Å². The Morgan fingerprint density at radius 1 is 1.12 bits per heavy atom. The van der Waals surface area contributed by atoms with Gasteiger partial charge in [0.25, 0.3) is 0 Å². The van der Waals surface area contributed by atoms with E-state index in [-0.39, 0.29) is 29.6 Å². The monoisotopic (exact) mass is 463 g/mol. The number of rotatable bonds is 7. The molecular weight excluding hydrogens is 426 g/mol. The molecule has 1 saturated heterocycles. The lowest BCUT2D eigenvalue weighted by atomic mass is 9.68. The average Bonchev–Trinajstić information content (AvgIpc) is 3.53. The molecule has 1 N–H and O–H groups in total. The van der Waals surface area contributed by atoms with Crippen LogP contribution in [0.1, 0.15) is 63.4 Å². The van der Waals surface area contributed by atoms with E-state index in [1.165, 1.54) is 24.8 Å². The van der Waals surface area contributed by atoms with Gasteiger partial charge in [-0.2, -0.15) is 5.26 Å². The molecule has 0 unspecified atom stereocenters. The van der Waals surface area contributed by atoms with Gasteiger partial charge >= 0.3 is 6.03 Å². The number of nitriles is 1. The summed E-state index contributed by atoms with van der Waals surface area (Å²) in [5.74, 6) is 0.369. The van der Waals surface area contributed by atoms with Crippen LogP contribution in [0.15, 0.2) is 30.3 Å². The van der Waals surface area contributed by atoms with Gasteiger partial charge in [-0.25, -0.2) is 4.79 Å². The molecule has 1 spiro atoms. The van der Waals surface area contributed by atoms with Gasteiger partial charge in [0.05, 0.1) is 11.6 Å². The normalized spacial score (nSPS) is 30.4. The predicted octanol–water partition coefficient (Wildman–Crippen LogP) is 3.47. The van der Waals surface area contributed by atoms with Gasteiger partial charge in [-0.15, -0.1) is 0 Å². The van der Waals surface area contributed by atoms with Crippen molar-refractivity contribution >= 4 is 11.9 Å². The smallest absolute Gasteiger partial charge is 0.321 e. The summed E-state index contributed by atoms with van der Waals surface area (Å²) in [7, 11) is 4.33. The molecule has 0 aromatic heterocycles. The van der Waals surface area contributed by atoms with E-state index in [9.17, 15) is 14.9 Å². The Bertz CT molecular complexity index is 968. The van der Waals surface area contributed by atoms with Crippen LogP contribution in [-0.2, 0) is 10.3 Å². The minimum absolute atomic E-state index is 0.000851. The second kappa shape index (κ2) is 8.57. The summed E-state index contributed by atoms with van der Waals surface area (Å²) < 4.78 is 0. The number of hydrogen-bond donors (Lipinski definition) is 1. The quantitative estimate of drug-likeness (QED) is 0.672. The van der Waals surface area contributed by atoms with Crippen LogP contribution in [0.4, 0.5) is 4.79 Å². The average molecular weight is 464 g/mol. The standard InChI is InChI=1S/C27H37N5O2/c1-30(2)27(22-9-4-3-5-10-22)15-13-26(14-16-27)20-31(18-23(33)29-25(19-28)11-12-25)24(34)32(26)17-21-7-6-8-21/h3-5,9-10,21H,6-8,11-18,20H2,1-2H3,(H,29,33)/t26-,27+. The van der Waals surface area contributed by atoms with E-state index in [1.54, 1.807) is 4.90 Å². The zero-order valence-corrected chi connectivity index (χ0v) is 20.6. The molecule has 1 aromatic carbocycles. The van der Waals surface area contributed by atoms with Crippen molar-refractivity contribution in [2.75, 3.05) is 33.7 Å². The van der Waals surface area contributed by atoms with E-state index >= 15 is 0 Å². The van der Waals surface area contributed by atoms with Crippen molar-refractivity contribution < 1.29 is 9.59 Å². The highest BCUT2D eigenvalue weighted by molar-refractivity contribution is 5.86. The van der Waals surface area contributed by atoms with E-state index in [4.69, 9.17) is 0 Å². The van der Waals surface area contributed by atoms with E-state index in [0.717, 1.165) is 32.2 Å². The van der Waals surface area contributed by atoms with Gasteiger partial charge in [0, 0.05) is 18.6 Å². The molecule has 7 heteroatoms. The molecule has 3 amide bonds. The van der Waals surface area contributed by atoms with E-state index in [2.05, 4.69) is 65.6 Å². The fourth-order valence-corrected chi connectivity index (χ4v) is 6.38. The third kappa shape index (κ3) is 3.96. The first-order valence-electron chi connectivity index (χ1n) is 12.8. The third-order valence-electron chi connectivity index (χ3n) is 9.08. The maximum Gasteiger partial charge on any atom is 0.321 e. The van der Waals surface area contributed by atoms with Crippen LogP contribution in [0.3, 0.4) is 0 Å². The van der Waals surface area contributed by atoms with Gasteiger partial charge in [0.2, 0.25) is 5.91 Å². The third-order valence-corrected chi connectivity index (χ3v) is 9.08. The lowest BCUT2D eigenvalue weighted by molar-refractivity contribution is -0.122. The van der Waals surface area contributed by atoms with Gasteiger partial charge in [0.15, 0.2) is 0 Å². The van der Waals surface area contributed by atoms with Gasteiger partial charge in [-0.05, 0) is 76.9 Å². The highest BCUT2D eigenvalue weighted by Gasteiger charge is 2.55. The largest absolute Gasteiger partial charge is 0.336 e. The SMILES string of the molecule is CN(C)[C@]1(c2ccccc2)CC[C@]2(CC1)CN(CC(=O)NC1(C#N)CC1)C(=O)N2CC1CCC1. The fraction of sp³-hybridized carbons (Fsp3) is 0.667. The molecule has 4 fully saturated rings. The van der Waals surface area contributed by atoms with Crippen LogP contribution in [0, 0.1) is 17.2 Å². The number of nitrogens with zero attached hydrogens (tertiary/aromatic N) is 4. The fourth-order valence-electron chi connectivity index (χ4n) is 6.38. The minimum atomic E-state index is -0.699. The Kier molecular flexibility index (Phi) is 5.84. The first-order valence-corrected chi connectivity index (χ1v) is 12.8. The molecule has 0 radical (unpaired) electrons. The Morgan fingerprint density at radius 2 is 1.79 bits per heavy atom. The molecule has 1 heterocycles. The molecule has 5 rings (SSSR count). The van der Waals surface area contributed by atoms with E-state index in [0.29, 0.717) is 25.3 Å². The number of urea groups is 1. The Hall–Kier alpha value is -2.59. The Morgan fingerprint density at radius 3 is 2.32 bits per heavy atom. The summed E-state index contributed by atoms with van der Waals surface area (Å²) in [4.78, 5) is 32.6. The number of amides is 3. The predicted molar refractivity (Wildman–Crippen MR) is 130 cm³/mol. The van der Waals surface area contributed by atoms with Crippen LogP contribution in [-0.4, -0.2) is 71.4 Å². The van der Waals surface area contributed by atoms with Gasteiger partial charge in [0.1, 0.15) is 12.1 Å². The summed E-state index contributed by atoms with van der Waals surface area (Å²) >= 11 is 0.